The second kappa shape index (κ2) is 8.05. The van der Waals surface area contributed by atoms with Crippen LogP contribution in [0.15, 0.2) is 11.4 Å². The summed E-state index contributed by atoms with van der Waals surface area (Å²) in [6, 6.07) is 1.60. The highest BCUT2D eigenvalue weighted by molar-refractivity contribution is 7.12. The van der Waals surface area contributed by atoms with Crippen molar-refractivity contribution in [1.29, 1.82) is 0 Å². The Kier molecular flexibility index (Phi) is 6.72. The molecule has 21 heavy (non-hydrogen) atoms. The number of nitrogens with zero attached hydrogens (tertiary/aromatic N) is 1. The SMILES string of the molecule is CCCN(CC(F)(F)F)C(=O)c1sccc1C#CCCO. The van der Waals surface area contributed by atoms with E-state index in [4.69, 9.17) is 5.11 Å². The first kappa shape index (κ1) is 17.5. The maximum Gasteiger partial charge on any atom is 0.406 e. The van der Waals surface area contributed by atoms with Crippen LogP contribution in [0.1, 0.15) is 35.0 Å². The lowest BCUT2D eigenvalue weighted by Crippen LogP contribution is -2.39. The van der Waals surface area contributed by atoms with Crippen LogP contribution >= 0.6 is 11.3 Å². The van der Waals surface area contributed by atoms with E-state index in [1.54, 1.807) is 18.4 Å². The van der Waals surface area contributed by atoms with Gasteiger partial charge in [-0.05, 0) is 17.9 Å². The Morgan fingerprint density at radius 2 is 2.19 bits per heavy atom. The summed E-state index contributed by atoms with van der Waals surface area (Å²) in [5.74, 6) is 4.72. The van der Waals surface area contributed by atoms with Gasteiger partial charge in [-0.25, -0.2) is 0 Å². The average Bonchev–Trinajstić information content (AvgIpc) is 2.84. The highest BCUT2D eigenvalue weighted by Gasteiger charge is 2.33. The molecule has 0 bridgehead atoms. The highest BCUT2D eigenvalue weighted by atomic mass is 32.1. The minimum atomic E-state index is -4.43. The molecule has 1 amide bonds. The van der Waals surface area contributed by atoms with Crippen molar-refractivity contribution in [2.24, 2.45) is 0 Å². The second-order valence-electron chi connectivity index (χ2n) is 4.28. The Morgan fingerprint density at radius 3 is 2.76 bits per heavy atom. The zero-order valence-electron chi connectivity index (χ0n) is 11.5. The van der Waals surface area contributed by atoms with Crippen molar-refractivity contribution in [3.63, 3.8) is 0 Å². The summed E-state index contributed by atoms with van der Waals surface area (Å²) in [6.07, 6.45) is -3.73. The number of hydrogen-bond donors (Lipinski definition) is 1. The smallest absolute Gasteiger partial charge is 0.395 e. The number of hydrogen-bond acceptors (Lipinski definition) is 3. The number of amides is 1. The molecule has 0 spiro atoms. The van der Waals surface area contributed by atoms with Gasteiger partial charge in [-0.15, -0.1) is 11.3 Å². The molecule has 3 nitrogen and oxygen atoms in total. The summed E-state index contributed by atoms with van der Waals surface area (Å²) in [6.45, 7) is 0.393. The lowest BCUT2D eigenvalue weighted by atomic mass is 10.2. The molecule has 0 atom stereocenters. The van der Waals surface area contributed by atoms with Crippen LogP contribution in [0.2, 0.25) is 0 Å². The molecule has 0 aliphatic heterocycles. The van der Waals surface area contributed by atoms with Gasteiger partial charge in [-0.1, -0.05) is 18.8 Å². The van der Waals surface area contributed by atoms with E-state index in [0.29, 0.717) is 12.0 Å². The van der Waals surface area contributed by atoms with Gasteiger partial charge in [0, 0.05) is 18.5 Å². The first-order valence-corrected chi connectivity index (χ1v) is 7.30. The Morgan fingerprint density at radius 1 is 1.48 bits per heavy atom. The van der Waals surface area contributed by atoms with Crippen molar-refractivity contribution in [2.75, 3.05) is 19.7 Å². The summed E-state index contributed by atoms with van der Waals surface area (Å²) in [5, 5.41) is 10.3. The first-order valence-electron chi connectivity index (χ1n) is 6.42. The standard InChI is InChI=1S/C14H16F3NO2S/c1-2-7-18(10-14(15,16)17)13(20)12-11(6-9-21-12)5-3-4-8-19/h6,9,19H,2,4,7-8,10H2,1H3. The van der Waals surface area contributed by atoms with E-state index >= 15 is 0 Å². The molecule has 0 fully saturated rings. The van der Waals surface area contributed by atoms with Crippen LogP contribution in [-0.4, -0.2) is 41.8 Å². The zero-order valence-corrected chi connectivity index (χ0v) is 12.4. The van der Waals surface area contributed by atoms with Crippen molar-refractivity contribution < 1.29 is 23.1 Å². The number of carbonyl (C=O) groups is 1. The Labute approximate surface area is 125 Å². The number of halogens is 3. The number of alkyl halides is 3. The molecule has 1 aromatic rings. The molecule has 1 N–H and O–H groups in total. The molecule has 1 rings (SSSR count). The van der Waals surface area contributed by atoms with Crippen molar-refractivity contribution in [2.45, 2.75) is 25.9 Å². The van der Waals surface area contributed by atoms with Gasteiger partial charge in [0.15, 0.2) is 0 Å². The van der Waals surface area contributed by atoms with Crippen LogP contribution in [0.25, 0.3) is 0 Å². The Hall–Kier alpha value is -1.52. The molecular weight excluding hydrogens is 303 g/mol. The first-order chi connectivity index (χ1) is 9.89. The number of aliphatic hydroxyl groups is 1. The molecule has 0 aromatic carbocycles. The monoisotopic (exact) mass is 319 g/mol. The quantitative estimate of drug-likeness (QED) is 0.848. The molecule has 0 unspecified atom stereocenters. The van der Waals surface area contributed by atoms with Crippen molar-refractivity contribution >= 4 is 17.2 Å². The normalized spacial score (nSPS) is 10.9. The summed E-state index contributed by atoms with van der Waals surface area (Å²) >= 11 is 1.07. The van der Waals surface area contributed by atoms with Gasteiger partial charge in [0.05, 0.1) is 6.61 Å². The highest BCUT2D eigenvalue weighted by Crippen LogP contribution is 2.22. The van der Waals surface area contributed by atoms with Crippen LogP contribution in [0.3, 0.4) is 0 Å². The van der Waals surface area contributed by atoms with Gasteiger partial charge in [0.25, 0.3) is 5.91 Å². The fraction of sp³-hybridized carbons (Fsp3) is 0.500. The van der Waals surface area contributed by atoms with Crippen LogP contribution in [-0.2, 0) is 0 Å². The lowest BCUT2D eigenvalue weighted by Gasteiger charge is -2.23. The Balaban J connectivity index is 2.95. The minimum Gasteiger partial charge on any atom is -0.395 e. The number of carbonyl (C=O) groups excluding carboxylic acids is 1. The van der Waals surface area contributed by atoms with E-state index in [1.165, 1.54) is 0 Å². The van der Waals surface area contributed by atoms with E-state index in [-0.39, 0.29) is 24.4 Å². The van der Waals surface area contributed by atoms with Gasteiger partial charge in [-0.3, -0.25) is 4.79 Å². The van der Waals surface area contributed by atoms with E-state index in [9.17, 15) is 18.0 Å². The number of aliphatic hydroxyl groups excluding tert-OH is 1. The molecule has 1 heterocycles. The molecule has 116 valence electrons. The van der Waals surface area contributed by atoms with Gasteiger partial charge >= 0.3 is 6.18 Å². The third kappa shape index (κ3) is 5.78. The molecule has 7 heteroatoms. The van der Waals surface area contributed by atoms with Gasteiger partial charge in [-0.2, -0.15) is 13.2 Å². The predicted molar refractivity (Wildman–Crippen MR) is 75.1 cm³/mol. The maximum absolute atomic E-state index is 12.5. The van der Waals surface area contributed by atoms with Crippen LogP contribution < -0.4 is 0 Å². The van der Waals surface area contributed by atoms with E-state index in [0.717, 1.165) is 16.2 Å². The van der Waals surface area contributed by atoms with Crippen molar-refractivity contribution in [3.8, 4) is 11.8 Å². The fourth-order valence-electron chi connectivity index (χ4n) is 1.67. The zero-order chi connectivity index (χ0) is 15.9. The third-order valence-electron chi connectivity index (χ3n) is 2.47. The summed E-state index contributed by atoms with van der Waals surface area (Å²) in [5.41, 5.74) is 0.404. The topological polar surface area (TPSA) is 40.5 Å². The van der Waals surface area contributed by atoms with Crippen LogP contribution in [0, 0.1) is 11.8 Å². The van der Waals surface area contributed by atoms with E-state index in [1.807, 2.05) is 0 Å². The predicted octanol–water partition coefficient (Wildman–Crippen LogP) is 2.90. The maximum atomic E-state index is 12.5. The average molecular weight is 319 g/mol. The molecule has 0 aliphatic carbocycles. The molecule has 0 saturated heterocycles. The van der Waals surface area contributed by atoms with Gasteiger partial charge < -0.3 is 10.0 Å². The van der Waals surface area contributed by atoms with Crippen molar-refractivity contribution in [3.05, 3.63) is 21.9 Å². The number of rotatable bonds is 5. The van der Waals surface area contributed by atoms with Crippen LogP contribution in [0.4, 0.5) is 13.2 Å². The number of thiophene rings is 1. The molecular formula is C14H16F3NO2S. The Bertz CT molecular complexity index is 528. The summed E-state index contributed by atoms with van der Waals surface area (Å²) < 4.78 is 37.6. The van der Waals surface area contributed by atoms with Gasteiger partial charge in [0.2, 0.25) is 0 Å². The molecule has 0 radical (unpaired) electrons. The van der Waals surface area contributed by atoms with E-state index in [2.05, 4.69) is 11.8 Å². The second-order valence-corrected chi connectivity index (χ2v) is 5.20. The molecule has 0 aliphatic rings. The van der Waals surface area contributed by atoms with E-state index < -0.39 is 18.6 Å². The van der Waals surface area contributed by atoms with Crippen molar-refractivity contribution in [1.82, 2.24) is 4.90 Å². The minimum absolute atomic E-state index is 0.0414. The van der Waals surface area contributed by atoms with Crippen LogP contribution in [0.5, 0.6) is 0 Å². The summed E-state index contributed by atoms with van der Waals surface area (Å²) in [7, 11) is 0. The molecule has 0 saturated carbocycles. The molecule has 1 aromatic heterocycles. The largest absolute Gasteiger partial charge is 0.406 e. The fourth-order valence-corrected chi connectivity index (χ4v) is 2.49. The van der Waals surface area contributed by atoms with Gasteiger partial charge in [0.1, 0.15) is 11.4 Å². The third-order valence-corrected chi connectivity index (χ3v) is 3.37. The lowest BCUT2D eigenvalue weighted by molar-refractivity contribution is -0.140. The summed E-state index contributed by atoms with van der Waals surface area (Å²) in [4.78, 5) is 13.2.